The topological polar surface area (TPSA) is 44.8 Å². The number of hydrogen-bond acceptors (Lipinski definition) is 4. The summed E-state index contributed by atoms with van der Waals surface area (Å²) in [6.45, 7) is 2.92. The van der Waals surface area contributed by atoms with E-state index in [4.69, 9.17) is 14.2 Å². The fraction of sp³-hybridized carbons (Fsp3) is 0.500. The highest BCUT2D eigenvalue weighted by molar-refractivity contribution is 5.76. The van der Waals surface area contributed by atoms with Crippen LogP contribution in [-0.4, -0.2) is 26.8 Å². The predicted molar refractivity (Wildman–Crippen MR) is 69.4 cm³/mol. The molecule has 0 atom stereocenters. The molecule has 0 aliphatic heterocycles. The first-order valence-corrected chi connectivity index (χ1v) is 6.15. The highest BCUT2D eigenvalue weighted by Gasteiger charge is 2.06. The second-order valence-electron chi connectivity index (χ2n) is 3.93. The van der Waals surface area contributed by atoms with Crippen molar-refractivity contribution in [1.82, 2.24) is 0 Å². The normalized spacial score (nSPS) is 10.1. The summed E-state index contributed by atoms with van der Waals surface area (Å²) in [5, 5.41) is 0. The van der Waals surface area contributed by atoms with Crippen LogP contribution < -0.4 is 9.47 Å². The minimum Gasteiger partial charge on any atom is -0.490 e. The Morgan fingerprint density at radius 3 is 2.67 bits per heavy atom. The molecule has 0 saturated carbocycles. The molecule has 0 aromatic heterocycles. The number of benzene rings is 1. The van der Waals surface area contributed by atoms with Gasteiger partial charge >= 0.3 is 0 Å². The van der Waals surface area contributed by atoms with E-state index in [1.165, 1.54) is 0 Å². The molecule has 0 unspecified atom stereocenters. The lowest BCUT2D eigenvalue weighted by Gasteiger charge is -2.12. The Bertz CT molecular complexity index is 363. The summed E-state index contributed by atoms with van der Waals surface area (Å²) < 4.78 is 15.9. The number of carbonyl (C=O) groups excluding carboxylic acids is 1. The molecule has 0 amide bonds. The van der Waals surface area contributed by atoms with Crippen molar-refractivity contribution in [3.8, 4) is 11.5 Å². The first-order chi connectivity index (χ1) is 8.81. The maximum Gasteiger partial charge on any atom is 0.188 e. The van der Waals surface area contributed by atoms with Crippen molar-refractivity contribution < 1.29 is 19.0 Å². The summed E-state index contributed by atoms with van der Waals surface area (Å²) in [6.07, 6.45) is 4.05. The second-order valence-corrected chi connectivity index (χ2v) is 3.93. The van der Waals surface area contributed by atoms with Crippen molar-refractivity contribution >= 4 is 6.29 Å². The molecule has 0 heterocycles. The SMILES string of the molecule is CCCCCOc1cc(C=O)ccc1OCOC. The summed E-state index contributed by atoms with van der Waals surface area (Å²) in [5.41, 5.74) is 0.574. The lowest BCUT2D eigenvalue weighted by molar-refractivity contribution is 0.0485. The van der Waals surface area contributed by atoms with E-state index in [2.05, 4.69) is 6.92 Å². The molecule has 1 rings (SSSR count). The van der Waals surface area contributed by atoms with E-state index in [-0.39, 0.29) is 6.79 Å². The van der Waals surface area contributed by atoms with Crippen molar-refractivity contribution in [1.29, 1.82) is 0 Å². The first-order valence-electron chi connectivity index (χ1n) is 6.15. The van der Waals surface area contributed by atoms with E-state index < -0.39 is 0 Å². The van der Waals surface area contributed by atoms with Crippen LogP contribution in [0.25, 0.3) is 0 Å². The van der Waals surface area contributed by atoms with Crippen molar-refractivity contribution in [3.63, 3.8) is 0 Å². The van der Waals surface area contributed by atoms with Gasteiger partial charge in [-0.3, -0.25) is 4.79 Å². The van der Waals surface area contributed by atoms with Crippen LogP contribution >= 0.6 is 0 Å². The van der Waals surface area contributed by atoms with Gasteiger partial charge in [0.05, 0.1) is 6.61 Å². The predicted octanol–water partition coefficient (Wildman–Crippen LogP) is 3.05. The van der Waals surface area contributed by atoms with E-state index in [1.807, 2.05) is 0 Å². The number of methoxy groups -OCH3 is 1. The number of carbonyl (C=O) groups is 1. The fourth-order valence-corrected chi connectivity index (χ4v) is 1.49. The van der Waals surface area contributed by atoms with Gasteiger partial charge in [0.15, 0.2) is 18.3 Å². The molecule has 100 valence electrons. The molecule has 0 bridgehead atoms. The zero-order valence-electron chi connectivity index (χ0n) is 11.0. The van der Waals surface area contributed by atoms with E-state index in [0.717, 1.165) is 25.5 Å². The van der Waals surface area contributed by atoms with Gasteiger partial charge < -0.3 is 14.2 Å². The Hall–Kier alpha value is -1.55. The third-order valence-corrected chi connectivity index (χ3v) is 2.44. The average molecular weight is 252 g/mol. The van der Waals surface area contributed by atoms with Gasteiger partial charge in [0, 0.05) is 12.7 Å². The molecule has 4 heteroatoms. The standard InChI is InChI=1S/C14H20O4/c1-3-4-5-8-17-14-9-12(10-15)6-7-13(14)18-11-16-2/h6-7,9-10H,3-5,8,11H2,1-2H3. The molecule has 1 aromatic rings. The van der Waals surface area contributed by atoms with Crippen molar-refractivity contribution in [2.24, 2.45) is 0 Å². The molecule has 0 aliphatic carbocycles. The molecule has 4 nitrogen and oxygen atoms in total. The average Bonchev–Trinajstić information content (AvgIpc) is 2.42. The molecular weight excluding hydrogens is 232 g/mol. The minimum atomic E-state index is 0.158. The zero-order chi connectivity index (χ0) is 13.2. The largest absolute Gasteiger partial charge is 0.490 e. The molecule has 0 aliphatic rings. The van der Waals surface area contributed by atoms with E-state index in [0.29, 0.717) is 23.7 Å². The summed E-state index contributed by atoms with van der Waals surface area (Å²) in [6, 6.07) is 5.10. The van der Waals surface area contributed by atoms with Gasteiger partial charge in [0.1, 0.15) is 6.29 Å². The van der Waals surface area contributed by atoms with E-state index in [9.17, 15) is 4.79 Å². The number of hydrogen-bond donors (Lipinski definition) is 0. The van der Waals surface area contributed by atoms with Gasteiger partial charge in [-0.05, 0) is 24.6 Å². The van der Waals surface area contributed by atoms with E-state index >= 15 is 0 Å². The number of aldehydes is 1. The molecule has 0 radical (unpaired) electrons. The number of ether oxygens (including phenoxy) is 3. The Kier molecular flexibility index (Phi) is 6.87. The van der Waals surface area contributed by atoms with Crippen LogP contribution in [0.2, 0.25) is 0 Å². The second kappa shape index (κ2) is 8.53. The number of rotatable bonds is 9. The van der Waals surface area contributed by atoms with Crippen molar-refractivity contribution in [2.45, 2.75) is 26.2 Å². The van der Waals surface area contributed by atoms with Crippen LogP contribution in [0.4, 0.5) is 0 Å². The van der Waals surface area contributed by atoms with Crippen LogP contribution in [0.3, 0.4) is 0 Å². The summed E-state index contributed by atoms with van der Waals surface area (Å²) in [5.74, 6) is 1.19. The molecule has 0 spiro atoms. The molecule has 0 N–H and O–H groups in total. The summed E-state index contributed by atoms with van der Waals surface area (Å²) in [4.78, 5) is 10.7. The van der Waals surface area contributed by atoms with Crippen molar-refractivity contribution in [3.05, 3.63) is 23.8 Å². The maximum atomic E-state index is 10.7. The lowest BCUT2D eigenvalue weighted by Crippen LogP contribution is -2.04. The monoisotopic (exact) mass is 252 g/mol. The summed E-state index contributed by atoms with van der Waals surface area (Å²) in [7, 11) is 1.56. The van der Waals surface area contributed by atoms with Gasteiger partial charge in [-0.1, -0.05) is 19.8 Å². The molecule has 18 heavy (non-hydrogen) atoms. The van der Waals surface area contributed by atoms with Gasteiger partial charge in [-0.15, -0.1) is 0 Å². The number of unbranched alkanes of at least 4 members (excludes halogenated alkanes) is 2. The van der Waals surface area contributed by atoms with E-state index in [1.54, 1.807) is 25.3 Å². The highest BCUT2D eigenvalue weighted by Crippen LogP contribution is 2.28. The van der Waals surface area contributed by atoms with Gasteiger partial charge in [0.25, 0.3) is 0 Å². The third kappa shape index (κ3) is 4.75. The third-order valence-electron chi connectivity index (χ3n) is 2.44. The Morgan fingerprint density at radius 1 is 1.17 bits per heavy atom. The van der Waals surface area contributed by atoms with Crippen LogP contribution in [0.1, 0.15) is 36.5 Å². The molecule has 1 aromatic carbocycles. The molecule has 0 saturated heterocycles. The molecular formula is C14H20O4. The van der Waals surface area contributed by atoms with Gasteiger partial charge in [-0.25, -0.2) is 0 Å². The maximum absolute atomic E-state index is 10.7. The minimum absolute atomic E-state index is 0.158. The lowest BCUT2D eigenvalue weighted by atomic mass is 10.2. The van der Waals surface area contributed by atoms with Crippen LogP contribution in [0, 0.1) is 0 Å². The summed E-state index contributed by atoms with van der Waals surface area (Å²) >= 11 is 0. The zero-order valence-corrected chi connectivity index (χ0v) is 11.0. The first kappa shape index (κ1) is 14.5. The van der Waals surface area contributed by atoms with Gasteiger partial charge in [-0.2, -0.15) is 0 Å². The van der Waals surface area contributed by atoms with Gasteiger partial charge in [0.2, 0.25) is 0 Å². The highest BCUT2D eigenvalue weighted by atomic mass is 16.7. The Balaban J connectivity index is 2.66. The molecule has 0 fully saturated rings. The quantitative estimate of drug-likeness (QED) is 0.385. The Morgan fingerprint density at radius 2 is 2.00 bits per heavy atom. The van der Waals surface area contributed by atoms with Crippen molar-refractivity contribution in [2.75, 3.05) is 20.5 Å². The Labute approximate surface area is 108 Å². The van der Waals surface area contributed by atoms with Crippen LogP contribution in [0.5, 0.6) is 11.5 Å². The van der Waals surface area contributed by atoms with Crippen LogP contribution in [-0.2, 0) is 4.74 Å². The smallest absolute Gasteiger partial charge is 0.188 e. The van der Waals surface area contributed by atoms with Crippen LogP contribution in [0.15, 0.2) is 18.2 Å². The fourth-order valence-electron chi connectivity index (χ4n) is 1.49.